The van der Waals surface area contributed by atoms with Gasteiger partial charge in [-0.05, 0) is 43.3 Å². The predicted molar refractivity (Wildman–Crippen MR) is 82.2 cm³/mol. The van der Waals surface area contributed by atoms with Crippen molar-refractivity contribution in [3.05, 3.63) is 63.4 Å². The van der Waals surface area contributed by atoms with Crippen molar-refractivity contribution in [1.82, 2.24) is 0 Å². The molecule has 0 bridgehead atoms. The summed E-state index contributed by atoms with van der Waals surface area (Å²) in [5.41, 5.74) is 7.49. The fourth-order valence-corrected chi connectivity index (χ4v) is 2.30. The van der Waals surface area contributed by atoms with Crippen LogP contribution in [0.25, 0.3) is 0 Å². The monoisotopic (exact) mass is 348 g/mol. The third-order valence-electron chi connectivity index (χ3n) is 3.02. The Balaban J connectivity index is 2.23. The minimum absolute atomic E-state index is 0.0444. The summed E-state index contributed by atoms with van der Waals surface area (Å²) >= 11 is 3.38. The average Bonchev–Trinajstić information content (AvgIpc) is 2.47. The molecule has 2 rings (SSSR count). The smallest absolute Gasteiger partial charge is 0.129 e. The molecule has 2 aromatic rings. The first kappa shape index (κ1) is 15.5. The number of nitriles is 1. The highest BCUT2D eigenvalue weighted by Crippen LogP contribution is 2.28. The molecular weight excluding hydrogens is 335 g/mol. The molecule has 3 nitrogen and oxygen atoms in total. The van der Waals surface area contributed by atoms with Crippen LogP contribution in [0, 0.1) is 17.1 Å². The second kappa shape index (κ2) is 6.70. The van der Waals surface area contributed by atoms with Crippen molar-refractivity contribution in [2.75, 3.05) is 0 Å². The van der Waals surface area contributed by atoms with Gasteiger partial charge in [-0.1, -0.05) is 15.9 Å². The Morgan fingerprint density at radius 3 is 2.76 bits per heavy atom. The van der Waals surface area contributed by atoms with Crippen LogP contribution in [0.5, 0.6) is 5.75 Å². The zero-order valence-corrected chi connectivity index (χ0v) is 13.0. The highest BCUT2D eigenvalue weighted by molar-refractivity contribution is 9.10. The topological polar surface area (TPSA) is 59.0 Å². The first-order valence-electron chi connectivity index (χ1n) is 6.37. The van der Waals surface area contributed by atoms with E-state index in [1.54, 1.807) is 6.07 Å². The van der Waals surface area contributed by atoms with E-state index >= 15 is 0 Å². The number of nitrogens with two attached hydrogens (primary N) is 1. The van der Waals surface area contributed by atoms with Gasteiger partial charge in [-0.25, -0.2) is 4.39 Å². The highest BCUT2D eigenvalue weighted by Gasteiger charge is 2.11. The molecule has 0 fully saturated rings. The van der Waals surface area contributed by atoms with Crippen LogP contribution in [-0.2, 0) is 6.61 Å². The van der Waals surface area contributed by atoms with Gasteiger partial charge >= 0.3 is 0 Å². The van der Waals surface area contributed by atoms with Crippen molar-refractivity contribution >= 4 is 15.9 Å². The Labute approximate surface area is 131 Å². The first-order valence-corrected chi connectivity index (χ1v) is 7.17. The van der Waals surface area contributed by atoms with Crippen LogP contribution in [0.1, 0.15) is 29.7 Å². The Morgan fingerprint density at radius 2 is 2.10 bits per heavy atom. The normalized spacial score (nSPS) is 11.8. The van der Waals surface area contributed by atoms with E-state index in [2.05, 4.69) is 15.9 Å². The zero-order valence-electron chi connectivity index (χ0n) is 11.4. The van der Waals surface area contributed by atoms with Gasteiger partial charge in [0.05, 0.1) is 11.6 Å². The average molecular weight is 349 g/mol. The molecule has 0 amide bonds. The number of rotatable bonds is 4. The van der Waals surface area contributed by atoms with E-state index in [1.165, 1.54) is 18.2 Å². The molecule has 0 aliphatic heterocycles. The van der Waals surface area contributed by atoms with Gasteiger partial charge in [0.2, 0.25) is 0 Å². The predicted octanol–water partition coefficient (Wildman–Crippen LogP) is 4.06. The maximum Gasteiger partial charge on any atom is 0.129 e. The third kappa shape index (κ3) is 3.81. The second-order valence-electron chi connectivity index (χ2n) is 4.68. The Morgan fingerprint density at radius 1 is 1.33 bits per heavy atom. The van der Waals surface area contributed by atoms with Gasteiger partial charge in [0.25, 0.3) is 0 Å². The number of hydrogen-bond donors (Lipinski definition) is 1. The lowest BCUT2D eigenvalue weighted by molar-refractivity contribution is 0.295. The molecule has 0 aromatic heterocycles. The lowest BCUT2D eigenvalue weighted by Gasteiger charge is -2.15. The lowest BCUT2D eigenvalue weighted by Crippen LogP contribution is -2.08. The molecule has 5 heteroatoms. The summed E-state index contributed by atoms with van der Waals surface area (Å²) < 4.78 is 20.3. The van der Waals surface area contributed by atoms with Crippen LogP contribution in [0.3, 0.4) is 0 Å². The van der Waals surface area contributed by atoms with E-state index in [0.717, 1.165) is 10.0 Å². The van der Waals surface area contributed by atoms with Gasteiger partial charge in [-0.3, -0.25) is 0 Å². The summed E-state index contributed by atoms with van der Waals surface area (Å²) in [6, 6.07) is 11.5. The summed E-state index contributed by atoms with van der Waals surface area (Å²) in [5, 5.41) is 8.85. The quantitative estimate of drug-likeness (QED) is 0.906. The number of ether oxygens (including phenoxy) is 1. The van der Waals surface area contributed by atoms with E-state index in [1.807, 2.05) is 25.1 Å². The number of benzene rings is 2. The van der Waals surface area contributed by atoms with E-state index in [0.29, 0.717) is 16.9 Å². The molecule has 21 heavy (non-hydrogen) atoms. The van der Waals surface area contributed by atoms with Crippen LogP contribution in [0.15, 0.2) is 40.9 Å². The van der Waals surface area contributed by atoms with Gasteiger partial charge in [-0.15, -0.1) is 0 Å². The fourth-order valence-electron chi connectivity index (χ4n) is 1.92. The van der Waals surface area contributed by atoms with Crippen molar-refractivity contribution in [2.45, 2.75) is 19.6 Å². The van der Waals surface area contributed by atoms with Crippen molar-refractivity contribution in [1.29, 1.82) is 5.26 Å². The fraction of sp³-hybridized carbons (Fsp3) is 0.188. The Bertz CT molecular complexity index is 695. The lowest BCUT2D eigenvalue weighted by atomic mass is 10.1. The molecule has 108 valence electrons. The van der Waals surface area contributed by atoms with Gasteiger partial charge < -0.3 is 10.5 Å². The van der Waals surface area contributed by atoms with Gasteiger partial charge in [-0.2, -0.15) is 5.26 Å². The summed E-state index contributed by atoms with van der Waals surface area (Å²) in [6.45, 7) is 1.90. The number of hydrogen-bond acceptors (Lipinski definition) is 3. The molecule has 0 spiro atoms. The largest absolute Gasteiger partial charge is 0.488 e. The van der Waals surface area contributed by atoms with E-state index in [4.69, 9.17) is 15.7 Å². The highest BCUT2D eigenvalue weighted by atomic mass is 79.9. The Kier molecular flexibility index (Phi) is 4.94. The molecular formula is C16H14BrFN2O. The maximum absolute atomic E-state index is 13.7. The van der Waals surface area contributed by atoms with Crippen molar-refractivity contribution < 1.29 is 9.13 Å². The minimum Gasteiger partial charge on any atom is -0.488 e. The van der Waals surface area contributed by atoms with E-state index in [-0.39, 0.29) is 12.6 Å². The molecule has 0 aliphatic rings. The number of halogens is 2. The first-order chi connectivity index (χ1) is 10.0. The molecule has 1 atom stereocenters. The Hall–Kier alpha value is -1.90. The van der Waals surface area contributed by atoms with Crippen LogP contribution >= 0.6 is 15.9 Å². The van der Waals surface area contributed by atoms with Crippen molar-refractivity contribution in [3.63, 3.8) is 0 Å². The molecule has 2 aromatic carbocycles. The van der Waals surface area contributed by atoms with E-state index < -0.39 is 5.82 Å². The molecule has 2 N–H and O–H groups in total. The summed E-state index contributed by atoms with van der Waals surface area (Å²) in [7, 11) is 0. The molecule has 0 aliphatic carbocycles. The maximum atomic E-state index is 13.7. The van der Waals surface area contributed by atoms with E-state index in [9.17, 15) is 4.39 Å². The van der Waals surface area contributed by atoms with Crippen LogP contribution in [-0.4, -0.2) is 0 Å². The molecule has 1 unspecified atom stereocenters. The third-order valence-corrected chi connectivity index (χ3v) is 3.51. The van der Waals surface area contributed by atoms with Crippen LogP contribution in [0.2, 0.25) is 0 Å². The standard InChI is InChI=1S/C16H14BrFN2O/c1-10(20)14-7-13(17)3-5-16(14)21-9-12-6-11(8-19)2-4-15(12)18/h2-7,10H,9,20H2,1H3. The zero-order chi connectivity index (χ0) is 15.4. The molecule has 0 saturated heterocycles. The summed E-state index contributed by atoms with van der Waals surface area (Å²) in [4.78, 5) is 0. The summed E-state index contributed by atoms with van der Waals surface area (Å²) in [6.07, 6.45) is 0. The minimum atomic E-state index is -0.395. The van der Waals surface area contributed by atoms with Crippen LogP contribution < -0.4 is 10.5 Å². The molecule has 0 saturated carbocycles. The van der Waals surface area contributed by atoms with Crippen molar-refractivity contribution in [2.24, 2.45) is 5.73 Å². The molecule has 0 radical (unpaired) electrons. The SMILES string of the molecule is CC(N)c1cc(Br)ccc1OCc1cc(C#N)ccc1F. The van der Waals surface area contributed by atoms with Crippen LogP contribution in [0.4, 0.5) is 4.39 Å². The van der Waals surface area contributed by atoms with Gasteiger partial charge in [0, 0.05) is 21.6 Å². The van der Waals surface area contributed by atoms with Crippen molar-refractivity contribution in [3.8, 4) is 11.8 Å². The van der Waals surface area contributed by atoms with Gasteiger partial charge in [0.1, 0.15) is 18.2 Å². The summed E-state index contributed by atoms with van der Waals surface area (Å²) in [5.74, 6) is 0.211. The van der Waals surface area contributed by atoms with Gasteiger partial charge in [0.15, 0.2) is 0 Å². The number of nitrogens with zero attached hydrogens (tertiary/aromatic N) is 1. The molecule has 0 heterocycles. The second-order valence-corrected chi connectivity index (χ2v) is 5.59.